The van der Waals surface area contributed by atoms with E-state index in [1.807, 2.05) is 54.6 Å². The van der Waals surface area contributed by atoms with Crippen molar-refractivity contribution in [3.8, 4) is 17.2 Å². The quantitative estimate of drug-likeness (QED) is 0.306. The monoisotopic (exact) mass is 556 g/mol. The van der Waals surface area contributed by atoms with Crippen molar-refractivity contribution in [3.63, 3.8) is 0 Å². The largest absolute Gasteiger partial charge is 0.497 e. The molecular formula is C31H28N2O6S. The van der Waals surface area contributed by atoms with Crippen molar-refractivity contribution in [2.45, 2.75) is 13.0 Å². The molecule has 0 unspecified atom stereocenters. The molecule has 0 saturated carbocycles. The molecule has 1 aromatic heterocycles. The number of carbonyl (C=O) groups is 1. The van der Waals surface area contributed by atoms with Gasteiger partial charge in [0.15, 0.2) is 16.3 Å². The van der Waals surface area contributed by atoms with Crippen LogP contribution in [0.3, 0.4) is 0 Å². The van der Waals surface area contributed by atoms with Crippen LogP contribution in [-0.2, 0) is 9.53 Å². The Bertz CT molecular complexity index is 1750. The van der Waals surface area contributed by atoms with Crippen LogP contribution in [0.4, 0.5) is 0 Å². The normalized spacial score (nSPS) is 14.8. The fourth-order valence-corrected chi connectivity index (χ4v) is 5.70. The minimum absolute atomic E-state index is 0.180. The fraction of sp³-hybridized carbons (Fsp3) is 0.194. The summed E-state index contributed by atoms with van der Waals surface area (Å²) in [7, 11) is 4.70. The zero-order chi connectivity index (χ0) is 28.2. The Hall–Kier alpha value is -4.63. The van der Waals surface area contributed by atoms with Crippen molar-refractivity contribution in [1.29, 1.82) is 0 Å². The van der Waals surface area contributed by atoms with Gasteiger partial charge in [-0.1, -0.05) is 65.9 Å². The van der Waals surface area contributed by atoms with Gasteiger partial charge in [0.05, 0.1) is 49.8 Å². The maximum Gasteiger partial charge on any atom is 0.338 e. The number of nitrogens with zero attached hydrogens (tertiary/aromatic N) is 2. The highest BCUT2D eigenvalue weighted by Gasteiger charge is 2.35. The van der Waals surface area contributed by atoms with E-state index >= 15 is 0 Å². The molecule has 9 heteroatoms. The second kappa shape index (κ2) is 11.6. The highest BCUT2D eigenvalue weighted by atomic mass is 32.1. The van der Waals surface area contributed by atoms with E-state index in [0.29, 0.717) is 37.8 Å². The minimum Gasteiger partial charge on any atom is -0.497 e. The van der Waals surface area contributed by atoms with Gasteiger partial charge in [0.1, 0.15) is 5.75 Å². The van der Waals surface area contributed by atoms with E-state index in [1.165, 1.54) is 11.3 Å². The van der Waals surface area contributed by atoms with Crippen molar-refractivity contribution in [2.24, 2.45) is 4.99 Å². The first-order valence-corrected chi connectivity index (χ1v) is 13.5. The lowest BCUT2D eigenvalue weighted by atomic mass is 9.93. The summed E-state index contributed by atoms with van der Waals surface area (Å²) in [6.07, 6.45) is 1.76. The Morgan fingerprint density at radius 1 is 0.950 bits per heavy atom. The Morgan fingerprint density at radius 2 is 1.70 bits per heavy atom. The molecule has 1 aliphatic rings. The molecule has 0 N–H and O–H groups in total. The Labute approximate surface area is 235 Å². The van der Waals surface area contributed by atoms with Crippen molar-refractivity contribution in [1.82, 2.24) is 4.57 Å². The average molecular weight is 557 g/mol. The van der Waals surface area contributed by atoms with Gasteiger partial charge < -0.3 is 18.9 Å². The molecule has 204 valence electrons. The standard InChI is InChI=1S/C31H28N2O6S/c1-5-39-30(35)25-26(19-10-7-6-8-11-19)32-31-33(27(25)20-14-16-22(36-2)17-15-20)29(34)24(40-31)18-21-12-9-13-23(37-3)28(21)38-4/h6-18,27H,5H2,1-4H3/b24-18-/t27-/m1/s1. The van der Waals surface area contributed by atoms with E-state index in [0.717, 1.165) is 11.1 Å². The van der Waals surface area contributed by atoms with E-state index < -0.39 is 12.0 Å². The van der Waals surface area contributed by atoms with Crippen molar-refractivity contribution in [3.05, 3.63) is 115 Å². The molecule has 0 fully saturated rings. The van der Waals surface area contributed by atoms with Crippen LogP contribution in [0.25, 0.3) is 11.8 Å². The van der Waals surface area contributed by atoms with Crippen molar-refractivity contribution in [2.75, 3.05) is 27.9 Å². The zero-order valence-electron chi connectivity index (χ0n) is 22.5. The molecule has 0 saturated heterocycles. The van der Waals surface area contributed by atoms with Gasteiger partial charge in [-0.05, 0) is 36.8 Å². The Morgan fingerprint density at radius 3 is 2.35 bits per heavy atom. The number of hydrogen-bond acceptors (Lipinski definition) is 8. The molecular weight excluding hydrogens is 528 g/mol. The van der Waals surface area contributed by atoms with Gasteiger partial charge in [-0.2, -0.15) is 0 Å². The number of aromatic nitrogens is 1. The summed E-state index contributed by atoms with van der Waals surface area (Å²) >= 11 is 1.24. The average Bonchev–Trinajstić information content (AvgIpc) is 3.30. The number of fused-ring (bicyclic) bond motifs is 1. The topological polar surface area (TPSA) is 88.4 Å². The summed E-state index contributed by atoms with van der Waals surface area (Å²) < 4.78 is 23.9. The van der Waals surface area contributed by atoms with E-state index in [1.54, 1.807) is 57.1 Å². The van der Waals surface area contributed by atoms with Gasteiger partial charge in [-0.15, -0.1) is 0 Å². The maximum absolute atomic E-state index is 14.1. The number of carbonyl (C=O) groups excluding carboxylic acids is 1. The third-order valence-electron chi connectivity index (χ3n) is 6.53. The molecule has 5 rings (SSSR count). The summed E-state index contributed by atoms with van der Waals surface area (Å²) in [6, 6.07) is 21.4. The predicted octanol–water partition coefficient (Wildman–Crippen LogP) is 3.96. The first kappa shape index (κ1) is 27.0. The van der Waals surface area contributed by atoms with Gasteiger partial charge >= 0.3 is 5.97 Å². The second-order valence-electron chi connectivity index (χ2n) is 8.79. The van der Waals surface area contributed by atoms with Crippen LogP contribution in [-0.4, -0.2) is 38.5 Å². The molecule has 4 aromatic rings. The molecule has 0 bridgehead atoms. The lowest BCUT2D eigenvalue weighted by molar-refractivity contribution is -0.138. The fourth-order valence-electron chi connectivity index (χ4n) is 4.71. The molecule has 0 radical (unpaired) electrons. The van der Waals surface area contributed by atoms with Crippen LogP contribution >= 0.6 is 11.3 Å². The van der Waals surface area contributed by atoms with E-state index in [4.69, 9.17) is 23.9 Å². The van der Waals surface area contributed by atoms with Gasteiger partial charge in [-0.3, -0.25) is 9.36 Å². The first-order valence-electron chi connectivity index (χ1n) is 12.6. The number of rotatable bonds is 8. The van der Waals surface area contributed by atoms with Gasteiger partial charge in [0, 0.05) is 11.1 Å². The van der Waals surface area contributed by atoms with Crippen molar-refractivity contribution >= 4 is 29.1 Å². The third-order valence-corrected chi connectivity index (χ3v) is 7.51. The van der Waals surface area contributed by atoms with Crippen molar-refractivity contribution < 1.29 is 23.7 Å². The summed E-state index contributed by atoms with van der Waals surface area (Å²) in [5, 5.41) is 0. The Balaban J connectivity index is 1.82. The van der Waals surface area contributed by atoms with E-state index in [2.05, 4.69) is 0 Å². The molecule has 0 spiro atoms. The summed E-state index contributed by atoms with van der Waals surface area (Å²) in [6.45, 7) is 1.93. The molecule has 1 atom stereocenters. The number of benzene rings is 3. The zero-order valence-corrected chi connectivity index (χ0v) is 23.4. The molecule has 1 aliphatic heterocycles. The molecule has 40 heavy (non-hydrogen) atoms. The van der Waals surface area contributed by atoms with Crippen LogP contribution in [0.2, 0.25) is 0 Å². The maximum atomic E-state index is 14.1. The lowest BCUT2D eigenvalue weighted by Gasteiger charge is -2.26. The number of para-hydroxylation sites is 1. The van der Waals surface area contributed by atoms with Crippen LogP contribution < -0.4 is 29.1 Å². The highest BCUT2D eigenvalue weighted by Crippen LogP contribution is 2.36. The van der Waals surface area contributed by atoms with Crippen LogP contribution in [0.15, 0.2) is 88.2 Å². The number of esters is 1. The molecule has 8 nitrogen and oxygen atoms in total. The third kappa shape index (κ3) is 4.91. The number of hydrogen-bond donors (Lipinski definition) is 0. The smallest absolute Gasteiger partial charge is 0.338 e. The number of thiazole rings is 1. The molecule has 3 aromatic carbocycles. The second-order valence-corrected chi connectivity index (χ2v) is 9.80. The molecule has 0 aliphatic carbocycles. The molecule has 2 heterocycles. The van der Waals surface area contributed by atoms with E-state index in [-0.39, 0.29) is 17.7 Å². The minimum atomic E-state index is -0.772. The summed E-state index contributed by atoms with van der Waals surface area (Å²) in [4.78, 5) is 32.9. The number of ether oxygens (including phenoxy) is 4. The predicted molar refractivity (Wildman–Crippen MR) is 154 cm³/mol. The van der Waals surface area contributed by atoms with Crippen LogP contribution in [0.5, 0.6) is 17.2 Å². The van der Waals surface area contributed by atoms with E-state index in [9.17, 15) is 9.59 Å². The van der Waals surface area contributed by atoms with Crippen LogP contribution in [0, 0.1) is 0 Å². The van der Waals surface area contributed by atoms with Gasteiger partial charge in [0.2, 0.25) is 0 Å². The SMILES string of the molecule is CCOC(=O)C1=C(c2ccccc2)N=c2s/c(=C\c3cccc(OC)c3OC)c(=O)n2[C@@H]1c1ccc(OC)cc1. The number of methoxy groups -OCH3 is 3. The van der Waals surface area contributed by atoms with Gasteiger partial charge in [-0.25, -0.2) is 9.79 Å². The van der Waals surface area contributed by atoms with Crippen LogP contribution in [0.1, 0.15) is 29.7 Å². The summed E-state index contributed by atoms with van der Waals surface area (Å²) in [5.74, 6) is 1.19. The summed E-state index contributed by atoms with van der Waals surface area (Å²) in [5.41, 5.74) is 2.61. The lowest BCUT2D eigenvalue weighted by Crippen LogP contribution is -2.40. The highest BCUT2D eigenvalue weighted by molar-refractivity contribution is 7.07. The molecule has 0 amide bonds. The van der Waals surface area contributed by atoms with Gasteiger partial charge in [0.25, 0.3) is 5.56 Å². The Kier molecular flexibility index (Phi) is 7.84. The first-order chi connectivity index (χ1) is 19.5.